The highest BCUT2D eigenvalue weighted by Crippen LogP contribution is 2.44. The van der Waals surface area contributed by atoms with Crippen LogP contribution in [-0.2, 0) is 6.18 Å². The molecule has 0 unspecified atom stereocenters. The first-order valence-electron chi connectivity index (χ1n) is 12.7. The van der Waals surface area contributed by atoms with Crippen LogP contribution in [0, 0.1) is 13.8 Å². The number of hydrogen-bond acceptors (Lipinski definition) is 3. The average molecular weight is 551 g/mol. The number of halogens is 3. The maximum absolute atomic E-state index is 13.5. The quantitative estimate of drug-likeness (QED) is 0.252. The number of ether oxygens (including phenoxy) is 1. The van der Waals surface area contributed by atoms with Crippen molar-refractivity contribution < 1.29 is 17.9 Å². The van der Waals surface area contributed by atoms with Gasteiger partial charge >= 0.3 is 6.18 Å². The van der Waals surface area contributed by atoms with E-state index in [0.717, 1.165) is 40.1 Å². The largest absolute Gasteiger partial charge is 0.491 e. The van der Waals surface area contributed by atoms with E-state index in [1.54, 1.807) is 12.3 Å². The van der Waals surface area contributed by atoms with Crippen LogP contribution in [0.5, 0.6) is 5.75 Å². The summed E-state index contributed by atoms with van der Waals surface area (Å²) in [6.45, 7) is 7.77. The molecule has 0 saturated carbocycles. The Morgan fingerprint density at radius 1 is 0.949 bits per heavy atom. The Hall–Kier alpha value is -3.85. The Balaban J connectivity index is 1.63. The fraction of sp³-hybridized carbons (Fsp3) is 0.267. The fourth-order valence-electron chi connectivity index (χ4n) is 5.21. The molecule has 0 amide bonds. The van der Waals surface area contributed by atoms with Crippen LogP contribution in [0.4, 0.5) is 18.9 Å². The van der Waals surface area contributed by atoms with Gasteiger partial charge < -0.3 is 19.5 Å². The maximum atomic E-state index is 13.5. The maximum Gasteiger partial charge on any atom is 0.416 e. The summed E-state index contributed by atoms with van der Waals surface area (Å²) in [7, 11) is 0. The molecule has 1 N–H and O–H groups in total. The van der Waals surface area contributed by atoms with E-state index in [1.807, 2.05) is 85.7 Å². The molecule has 0 bridgehead atoms. The van der Waals surface area contributed by atoms with Gasteiger partial charge in [-0.3, -0.25) is 4.98 Å². The van der Waals surface area contributed by atoms with E-state index in [0.29, 0.717) is 10.8 Å². The summed E-state index contributed by atoms with van der Waals surface area (Å²) in [5.41, 5.74) is 4.04. The molecule has 5 rings (SSSR count). The molecule has 1 aliphatic heterocycles. The van der Waals surface area contributed by atoms with Crippen LogP contribution in [0.2, 0.25) is 0 Å². The van der Waals surface area contributed by atoms with Gasteiger partial charge in [0, 0.05) is 29.0 Å². The Morgan fingerprint density at radius 3 is 2.33 bits per heavy atom. The molecule has 2 atom stereocenters. The molecular formula is C30H29F3N4OS. The van der Waals surface area contributed by atoms with Crippen LogP contribution in [0.25, 0.3) is 5.69 Å². The molecule has 1 aliphatic rings. The summed E-state index contributed by atoms with van der Waals surface area (Å²) < 4.78 is 48.2. The van der Waals surface area contributed by atoms with Crippen molar-refractivity contribution in [1.82, 2.24) is 14.9 Å². The number of thiocarbonyl (C=S) groups is 1. The summed E-state index contributed by atoms with van der Waals surface area (Å²) in [5, 5.41) is 3.98. The van der Waals surface area contributed by atoms with Crippen molar-refractivity contribution in [3.05, 3.63) is 107 Å². The lowest BCUT2D eigenvalue weighted by Gasteiger charge is -2.28. The minimum Gasteiger partial charge on any atom is -0.491 e. The van der Waals surface area contributed by atoms with Crippen LogP contribution >= 0.6 is 12.2 Å². The first-order chi connectivity index (χ1) is 18.5. The molecule has 1 fully saturated rings. The lowest BCUT2D eigenvalue weighted by Crippen LogP contribution is -2.29. The van der Waals surface area contributed by atoms with Crippen molar-refractivity contribution in [1.29, 1.82) is 0 Å². The predicted octanol–water partition coefficient (Wildman–Crippen LogP) is 7.47. The number of rotatable bonds is 6. The highest BCUT2D eigenvalue weighted by Gasteiger charge is 2.42. The van der Waals surface area contributed by atoms with Crippen molar-refractivity contribution in [2.24, 2.45) is 0 Å². The normalized spacial score (nSPS) is 17.5. The van der Waals surface area contributed by atoms with Gasteiger partial charge in [-0.1, -0.05) is 12.1 Å². The molecule has 2 aromatic heterocycles. The zero-order valence-electron chi connectivity index (χ0n) is 22.0. The molecular weight excluding hydrogens is 521 g/mol. The third-order valence-electron chi connectivity index (χ3n) is 6.81. The predicted molar refractivity (Wildman–Crippen MR) is 150 cm³/mol. The van der Waals surface area contributed by atoms with E-state index in [9.17, 15) is 13.2 Å². The molecule has 5 nitrogen and oxygen atoms in total. The molecule has 0 spiro atoms. The van der Waals surface area contributed by atoms with Crippen molar-refractivity contribution in [2.75, 3.05) is 4.90 Å². The summed E-state index contributed by atoms with van der Waals surface area (Å²) in [4.78, 5) is 6.65. The third-order valence-corrected chi connectivity index (χ3v) is 7.12. The highest BCUT2D eigenvalue weighted by molar-refractivity contribution is 7.80. The van der Waals surface area contributed by atoms with Gasteiger partial charge in [0.2, 0.25) is 0 Å². The van der Waals surface area contributed by atoms with Gasteiger partial charge in [-0.2, -0.15) is 13.2 Å². The Morgan fingerprint density at radius 2 is 1.69 bits per heavy atom. The summed E-state index contributed by atoms with van der Waals surface area (Å²) in [5.74, 6) is 0.757. The minimum atomic E-state index is -4.43. The van der Waals surface area contributed by atoms with Crippen LogP contribution in [0.3, 0.4) is 0 Å². The summed E-state index contributed by atoms with van der Waals surface area (Å²) >= 11 is 5.84. The number of aromatic nitrogens is 2. The molecule has 0 aliphatic carbocycles. The van der Waals surface area contributed by atoms with Crippen molar-refractivity contribution in [2.45, 2.75) is 52.1 Å². The second kappa shape index (κ2) is 10.4. The number of alkyl halides is 3. The molecule has 3 heterocycles. The van der Waals surface area contributed by atoms with Crippen LogP contribution in [-0.4, -0.2) is 20.8 Å². The summed E-state index contributed by atoms with van der Waals surface area (Å²) in [6.07, 6.45) is -2.64. The molecule has 202 valence electrons. The molecule has 0 radical (unpaired) electrons. The standard InChI is InChI=1S/C30H29F3N4OS/c1-18(2)38-24-13-11-22(12-14-24)37-28(27(35-29(37)39)26-10-5-6-15-34-26)25-16-19(3)36(20(25)4)23-9-7-8-21(17-23)30(31,32)33/h5-18,27-28H,1-4H3,(H,35,39)/t27-,28-/m1/s1. The van der Waals surface area contributed by atoms with E-state index in [2.05, 4.69) is 10.3 Å². The van der Waals surface area contributed by atoms with Gasteiger partial charge in [0.25, 0.3) is 0 Å². The highest BCUT2D eigenvalue weighted by atomic mass is 32.1. The lowest BCUT2D eigenvalue weighted by molar-refractivity contribution is -0.137. The van der Waals surface area contributed by atoms with Crippen molar-refractivity contribution in [3.8, 4) is 11.4 Å². The second-order valence-corrected chi connectivity index (χ2v) is 10.3. The number of anilines is 1. The smallest absolute Gasteiger partial charge is 0.416 e. The zero-order chi connectivity index (χ0) is 27.9. The monoisotopic (exact) mass is 550 g/mol. The molecule has 1 saturated heterocycles. The summed E-state index contributed by atoms with van der Waals surface area (Å²) in [6, 6.07) is 20.3. The van der Waals surface area contributed by atoms with Crippen LogP contribution in [0.1, 0.15) is 54.1 Å². The first-order valence-corrected chi connectivity index (χ1v) is 13.1. The zero-order valence-corrected chi connectivity index (χ0v) is 22.8. The first kappa shape index (κ1) is 26.7. The minimum absolute atomic E-state index is 0.0490. The Labute approximate surface area is 231 Å². The number of nitrogens with one attached hydrogen (secondary N) is 1. The SMILES string of the molecule is Cc1cc([C@@H]2[C@@H](c3ccccn3)NC(=S)N2c2ccc(OC(C)C)cc2)c(C)n1-c1cccc(C(F)(F)F)c1. The van der Waals surface area contributed by atoms with Gasteiger partial charge in [-0.25, -0.2) is 0 Å². The van der Waals surface area contributed by atoms with Gasteiger partial charge in [0.05, 0.1) is 29.4 Å². The second-order valence-electron chi connectivity index (χ2n) is 9.87. The number of nitrogens with zero attached hydrogens (tertiary/aromatic N) is 3. The van der Waals surface area contributed by atoms with Crippen LogP contribution in [0.15, 0.2) is 79.0 Å². The number of aryl methyl sites for hydroxylation is 1. The molecule has 4 aromatic rings. The number of benzene rings is 2. The Bertz CT molecular complexity index is 1480. The van der Waals surface area contributed by atoms with E-state index in [4.69, 9.17) is 17.0 Å². The lowest BCUT2D eigenvalue weighted by atomic mass is 9.96. The van der Waals surface area contributed by atoms with Gasteiger partial charge in [0.1, 0.15) is 5.75 Å². The average Bonchev–Trinajstić information content (AvgIpc) is 3.39. The molecule has 9 heteroatoms. The van der Waals surface area contributed by atoms with Gasteiger partial charge in [0.15, 0.2) is 5.11 Å². The number of hydrogen-bond donors (Lipinski definition) is 1. The van der Waals surface area contributed by atoms with Crippen molar-refractivity contribution >= 4 is 23.0 Å². The van der Waals surface area contributed by atoms with E-state index >= 15 is 0 Å². The van der Waals surface area contributed by atoms with Crippen LogP contribution < -0.4 is 15.0 Å². The molecule has 39 heavy (non-hydrogen) atoms. The van der Waals surface area contributed by atoms with Crippen molar-refractivity contribution in [3.63, 3.8) is 0 Å². The fourth-order valence-corrected chi connectivity index (χ4v) is 5.56. The molecule has 2 aromatic carbocycles. The van der Waals surface area contributed by atoms with Gasteiger partial charge in [-0.05, 0) is 106 Å². The topological polar surface area (TPSA) is 42.3 Å². The number of pyridine rings is 1. The van der Waals surface area contributed by atoms with Gasteiger partial charge in [-0.15, -0.1) is 0 Å². The Kier molecular flexibility index (Phi) is 7.11. The van der Waals surface area contributed by atoms with E-state index in [-0.39, 0.29) is 18.2 Å². The third kappa shape index (κ3) is 5.23. The van der Waals surface area contributed by atoms with E-state index in [1.165, 1.54) is 12.1 Å². The van der Waals surface area contributed by atoms with E-state index < -0.39 is 11.7 Å².